The molecule has 1 aromatic rings. The molecular formula is C34H49N7O6. The van der Waals surface area contributed by atoms with Crippen LogP contribution in [0.2, 0.25) is 0 Å². The molecular weight excluding hydrogens is 602 g/mol. The van der Waals surface area contributed by atoms with Crippen molar-refractivity contribution in [2.24, 2.45) is 16.5 Å². The summed E-state index contributed by atoms with van der Waals surface area (Å²) in [6.07, 6.45) is 13.3. The number of rotatable bonds is 12. The Balaban J connectivity index is 1.37. The molecule has 1 saturated heterocycles. The van der Waals surface area contributed by atoms with Crippen molar-refractivity contribution in [1.29, 1.82) is 0 Å². The first-order chi connectivity index (χ1) is 22.4. The van der Waals surface area contributed by atoms with Crippen LogP contribution < -0.4 is 16.0 Å². The van der Waals surface area contributed by atoms with Crippen LogP contribution in [0.25, 0.3) is 0 Å². The van der Waals surface area contributed by atoms with Gasteiger partial charge in [0.15, 0.2) is 5.60 Å². The molecule has 3 heterocycles. The number of Topliss-reactive ketones (excluding diaryl/α,β-unsaturated/α-hetero) is 1. The first-order valence-corrected chi connectivity index (χ1v) is 17.1. The number of oxime groups is 1. The second-order valence-electron chi connectivity index (χ2n) is 14.8. The Morgan fingerprint density at radius 3 is 2.36 bits per heavy atom. The zero-order valence-corrected chi connectivity index (χ0v) is 28.0. The lowest BCUT2D eigenvalue weighted by molar-refractivity contribution is -0.145. The van der Waals surface area contributed by atoms with E-state index in [-0.39, 0.29) is 31.3 Å². The average Bonchev–Trinajstić information content (AvgIpc) is 3.64. The normalized spacial score (nSPS) is 24.2. The molecule has 13 nitrogen and oxygen atoms in total. The Bertz CT molecular complexity index is 1370. The van der Waals surface area contributed by atoms with E-state index in [1.165, 1.54) is 17.6 Å². The summed E-state index contributed by atoms with van der Waals surface area (Å²) in [7, 11) is 0. The molecule has 2 saturated carbocycles. The largest absolute Gasteiger partial charge is 0.387 e. The van der Waals surface area contributed by atoms with Crippen molar-refractivity contribution in [3.63, 3.8) is 0 Å². The smallest absolute Gasteiger partial charge is 0.289 e. The van der Waals surface area contributed by atoms with Gasteiger partial charge in [-0.15, -0.1) is 0 Å². The van der Waals surface area contributed by atoms with Crippen LogP contribution in [-0.4, -0.2) is 86.3 Å². The maximum atomic E-state index is 14.5. The number of carbonyl (C=O) groups is 5. The van der Waals surface area contributed by atoms with Gasteiger partial charge >= 0.3 is 0 Å². The van der Waals surface area contributed by atoms with Gasteiger partial charge in [0.05, 0.1) is 18.3 Å². The van der Waals surface area contributed by atoms with Gasteiger partial charge in [-0.1, -0.05) is 58.5 Å². The number of hydrogen-bond donors (Lipinski definition) is 3. The fraction of sp³-hybridized carbons (Fsp3) is 0.706. The fourth-order valence-corrected chi connectivity index (χ4v) is 6.89. The lowest BCUT2D eigenvalue weighted by atomic mass is 9.84. The Morgan fingerprint density at radius 2 is 1.72 bits per heavy atom. The van der Waals surface area contributed by atoms with E-state index in [2.05, 4.69) is 31.1 Å². The molecule has 2 aliphatic heterocycles. The summed E-state index contributed by atoms with van der Waals surface area (Å²) in [6, 6.07) is -2.97. The number of likely N-dealkylation sites (tertiary alicyclic amines) is 1. The molecule has 3 N–H and O–H groups in total. The second-order valence-corrected chi connectivity index (χ2v) is 14.8. The molecule has 5 rings (SSSR count). The van der Waals surface area contributed by atoms with Crippen molar-refractivity contribution in [3.05, 3.63) is 24.3 Å². The molecule has 0 radical (unpaired) electrons. The minimum atomic E-state index is -1.04. The molecule has 47 heavy (non-hydrogen) atoms. The number of hydrogen-bond acceptors (Lipinski definition) is 9. The third-order valence-corrected chi connectivity index (χ3v) is 9.68. The minimum Gasteiger partial charge on any atom is -0.387 e. The maximum absolute atomic E-state index is 14.5. The fourth-order valence-electron chi connectivity index (χ4n) is 6.89. The van der Waals surface area contributed by atoms with Crippen LogP contribution in [0.5, 0.6) is 0 Å². The van der Waals surface area contributed by atoms with Gasteiger partial charge in [0.2, 0.25) is 23.5 Å². The highest BCUT2D eigenvalue weighted by atomic mass is 16.7. The van der Waals surface area contributed by atoms with E-state index < -0.39 is 52.6 Å². The van der Waals surface area contributed by atoms with Gasteiger partial charge in [0.1, 0.15) is 18.4 Å². The quantitative estimate of drug-likeness (QED) is 0.290. The topological polar surface area (TPSA) is 172 Å². The van der Waals surface area contributed by atoms with Gasteiger partial charge in [-0.3, -0.25) is 24.0 Å². The van der Waals surface area contributed by atoms with E-state index in [0.29, 0.717) is 36.5 Å². The van der Waals surface area contributed by atoms with E-state index in [1.54, 1.807) is 12.4 Å². The van der Waals surface area contributed by atoms with Gasteiger partial charge in [-0.2, -0.15) is 0 Å². The molecule has 4 aliphatic rings. The van der Waals surface area contributed by atoms with E-state index >= 15 is 0 Å². The summed E-state index contributed by atoms with van der Waals surface area (Å²) in [5.74, 6) is -2.26. The molecule has 3 fully saturated rings. The standard InChI is InChI=1S/C34H49N7O6/c1-5-9-24(28(43)31(45)37-23-12-13-23)38-30(44)26-16-34(15-25(40-47-34)22-17-35-20-36-18-22)19-41(26)32(46)29(33(2,3)4)39-27(42)14-21-10-7-6-8-11-21/h17-18,20-21,23-24,26,29H,5-16,19H2,1-4H3,(H,37,45)(H,38,44)(H,39,42)/t24-,26-,29+,34+/m0/s1. The molecule has 1 spiro atoms. The van der Waals surface area contributed by atoms with Crippen LogP contribution in [0.4, 0.5) is 0 Å². The van der Waals surface area contributed by atoms with Gasteiger partial charge < -0.3 is 25.7 Å². The number of aromatic nitrogens is 2. The highest BCUT2D eigenvalue weighted by Gasteiger charge is 2.55. The first kappa shape index (κ1) is 34.4. The number of nitrogens with zero attached hydrogens (tertiary/aromatic N) is 4. The second kappa shape index (κ2) is 14.5. The summed E-state index contributed by atoms with van der Waals surface area (Å²) in [4.78, 5) is 83.2. The van der Waals surface area contributed by atoms with Crippen molar-refractivity contribution < 1.29 is 28.8 Å². The van der Waals surface area contributed by atoms with Crippen LogP contribution in [0.3, 0.4) is 0 Å². The highest BCUT2D eigenvalue weighted by Crippen LogP contribution is 2.40. The van der Waals surface area contributed by atoms with Crippen LogP contribution in [-0.2, 0) is 28.8 Å². The summed E-state index contributed by atoms with van der Waals surface area (Å²) in [6.45, 7) is 7.57. The number of nitrogens with one attached hydrogen (secondary N) is 3. The third kappa shape index (κ3) is 8.53. The first-order valence-electron chi connectivity index (χ1n) is 17.1. The summed E-state index contributed by atoms with van der Waals surface area (Å²) in [5, 5.41) is 12.8. The number of amides is 4. The lowest BCUT2D eigenvalue weighted by Crippen LogP contribution is -2.59. The van der Waals surface area contributed by atoms with Crippen molar-refractivity contribution in [2.45, 2.75) is 135 Å². The van der Waals surface area contributed by atoms with Crippen molar-refractivity contribution in [1.82, 2.24) is 30.8 Å². The number of ketones is 1. The van der Waals surface area contributed by atoms with Gasteiger partial charge in [-0.05, 0) is 43.4 Å². The number of carbonyl (C=O) groups excluding carboxylic acids is 5. The zero-order valence-electron chi connectivity index (χ0n) is 28.0. The van der Waals surface area contributed by atoms with Gasteiger partial charge in [-0.25, -0.2) is 9.97 Å². The molecule has 256 valence electrons. The zero-order chi connectivity index (χ0) is 33.8. The van der Waals surface area contributed by atoms with Gasteiger partial charge in [0, 0.05) is 43.3 Å². The van der Waals surface area contributed by atoms with Crippen LogP contribution >= 0.6 is 0 Å². The molecule has 0 aromatic carbocycles. The highest BCUT2D eigenvalue weighted by molar-refractivity contribution is 6.38. The monoisotopic (exact) mass is 651 g/mol. The predicted molar refractivity (Wildman–Crippen MR) is 173 cm³/mol. The molecule has 4 atom stereocenters. The Labute approximate surface area is 276 Å². The van der Waals surface area contributed by atoms with Crippen LogP contribution in [0, 0.1) is 11.3 Å². The summed E-state index contributed by atoms with van der Waals surface area (Å²) < 4.78 is 0. The molecule has 1 aromatic heterocycles. The van der Waals surface area contributed by atoms with Gasteiger partial charge in [0.25, 0.3) is 5.91 Å². The van der Waals surface area contributed by atoms with Crippen LogP contribution in [0.1, 0.15) is 110 Å². The lowest BCUT2D eigenvalue weighted by Gasteiger charge is -2.36. The maximum Gasteiger partial charge on any atom is 0.289 e. The third-order valence-electron chi connectivity index (χ3n) is 9.68. The average molecular weight is 652 g/mol. The molecule has 4 amide bonds. The van der Waals surface area contributed by atoms with E-state index in [9.17, 15) is 24.0 Å². The van der Waals surface area contributed by atoms with Crippen LogP contribution in [0.15, 0.2) is 23.9 Å². The summed E-state index contributed by atoms with van der Waals surface area (Å²) >= 11 is 0. The molecule has 0 unspecified atom stereocenters. The van der Waals surface area contributed by atoms with Crippen molar-refractivity contribution >= 4 is 35.1 Å². The Morgan fingerprint density at radius 1 is 1.02 bits per heavy atom. The summed E-state index contributed by atoms with van der Waals surface area (Å²) in [5.41, 5.74) is -0.404. The minimum absolute atomic E-state index is 0.00128. The van der Waals surface area contributed by atoms with E-state index in [0.717, 1.165) is 38.5 Å². The predicted octanol–water partition coefficient (Wildman–Crippen LogP) is 2.57. The Kier molecular flexibility index (Phi) is 10.6. The van der Waals surface area contributed by atoms with Crippen molar-refractivity contribution in [2.75, 3.05) is 6.54 Å². The molecule has 0 bridgehead atoms. The van der Waals surface area contributed by atoms with Crippen molar-refractivity contribution in [3.8, 4) is 0 Å². The Hall–Kier alpha value is -3.90. The van der Waals surface area contributed by atoms with E-state index in [4.69, 9.17) is 4.84 Å². The molecule has 13 heteroatoms. The van der Waals surface area contributed by atoms with E-state index in [1.807, 2.05) is 27.7 Å². The molecule has 2 aliphatic carbocycles. The SMILES string of the molecule is CCC[C@H](NC(=O)[C@@H]1C[C@]2(CC(c3cncnc3)=NO2)CN1C(=O)[C@@H](NC(=O)CC1CCCCC1)C(C)(C)C)C(=O)C(=O)NC1CC1.